The van der Waals surface area contributed by atoms with E-state index in [-0.39, 0.29) is 5.78 Å². The zero-order chi connectivity index (χ0) is 12.0. The minimum absolute atomic E-state index is 0.271. The average Bonchev–Trinajstić information content (AvgIpc) is 2.66. The van der Waals surface area contributed by atoms with Gasteiger partial charge in [0.1, 0.15) is 5.78 Å². The number of Topliss-reactive ketones (excluding diaryl/α,β-unsaturated/α-hetero) is 1. The van der Waals surface area contributed by atoms with E-state index in [4.69, 9.17) is 0 Å². The second-order valence-electron chi connectivity index (χ2n) is 4.15. The summed E-state index contributed by atoms with van der Waals surface area (Å²) in [5.41, 5.74) is 0.885. The first-order chi connectivity index (χ1) is 7.63. The number of thioether (sulfide) groups is 1. The number of hydrogen-bond donors (Lipinski definition) is 0. The highest BCUT2D eigenvalue weighted by molar-refractivity contribution is 7.99. The first kappa shape index (κ1) is 13.3. The van der Waals surface area contributed by atoms with Crippen LogP contribution in [0.4, 0.5) is 0 Å². The lowest BCUT2D eigenvalue weighted by molar-refractivity contribution is -0.116. The lowest BCUT2D eigenvalue weighted by atomic mass is 10.2. The molecule has 1 aromatic heterocycles. The molecule has 0 aromatic carbocycles. The lowest BCUT2D eigenvalue weighted by Gasteiger charge is -2.03. The van der Waals surface area contributed by atoms with Crippen molar-refractivity contribution in [1.29, 1.82) is 0 Å². The summed E-state index contributed by atoms with van der Waals surface area (Å²) < 4.78 is 1.89. The van der Waals surface area contributed by atoms with Gasteiger partial charge in [-0.1, -0.05) is 6.92 Å². The molecule has 0 aliphatic heterocycles. The molecule has 0 aliphatic rings. The molecule has 0 fully saturated rings. The molecule has 0 amide bonds. The Morgan fingerprint density at radius 3 is 2.88 bits per heavy atom. The van der Waals surface area contributed by atoms with E-state index in [0.717, 1.165) is 17.9 Å². The van der Waals surface area contributed by atoms with Crippen LogP contribution in [0, 0.1) is 0 Å². The van der Waals surface area contributed by atoms with Crippen LogP contribution in [0.25, 0.3) is 0 Å². The molecule has 0 N–H and O–H groups in total. The monoisotopic (exact) mass is 240 g/mol. The number of carbonyl (C=O) groups is 1. The van der Waals surface area contributed by atoms with E-state index < -0.39 is 0 Å². The molecule has 0 saturated heterocycles. The zero-order valence-electron chi connectivity index (χ0n) is 10.3. The summed E-state index contributed by atoms with van der Waals surface area (Å²) in [6, 6.07) is 2.29. The van der Waals surface area contributed by atoms with Crippen LogP contribution in [-0.2, 0) is 11.2 Å². The molecular formula is C12H20N2OS. The predicted molar refractivity (Wildman–Crippen MR) is 68.9 cm³/mol. The Kier molecular flexibility index (Phi) is 5.60. The van der Waals surface area contributed by atoms with Crippen molar-refractivity contribution in [2.24, 2.45) is 0 Å². The maximum absolute atomic E-state index is 11.6. The van der Waals surface area contributed by atoms with E-state index in [1.807, 2.05) is 16.9 Å². The van der Waals surface area contributed by atoms with Crippen LogP contribution in [0.2, 0.25) is 0 Å². The molecule has 1 heterocycles. The van der Waals surface area contributed by atoms with Crippen molar-refractivity contribution < 1.29 is 4.79 Å². The van der Waals surface area contributed by atoms with Crippen LogP contribution < -0.4 is 0 Å². The van der Waals surface area contributed by atoms with Gasteiger partial charge in [0.25, 0.3) is 0 Å². The molecule has 90 valence electrons. The molecule has 0 atom stereocenters. The normalized spacial score (nSPS) is 11.0. The lowest BCUT2D eigenvalue weighted by Crippen LogP contribution is -2.08. The van der Waals surface area contributed by atoms with Crippen molar-refractivity contribution in [3.63, 3.8) is 0 Å². The van der Waals surface area contributed by atoms with E-state index >= 15 is 0 Å². The molecule has 0 unspecified atom stereocenters. The highest BCUT2D eigenvalue weighted by atomic mass is 32.2. The van der Waals surface area contributed by atoms with E-state index in [9.17, 15) is 4.79 Å². The number of carbonyl (C=O) groups excluding carboxylic acids is 1. The molecule has 4 heteroatoms. The van der Waals surface area contributed by atoms with Gasteiger partial charge in [-0.2, -0.15) is 16.9 Å². The summed E-state index contributed by atoms with van der Waals surface area (Å²) in [5.74, 6) is 1.95. The van der Waals surface area contributed by atoms with E-state index in [1.54, 1.807) is 11.8 Å². The first-order valence-electron chi connectivity index (χ1n) is 5.77. The third-order valence-corrected chi connectivity index (χ3v) is 3.41. The van der Waals surface area contributed by atoms with Gasteiger partial charge in [0.2, 0.25) is 0 Å². The van der Waals surface area contributed by atoms with Gasteiger partial charge in [-0.05, 0) is 32.1 Å². The minimum Gasteiger partial charge on any atom is -0.298 e. The highest BCUT2D eigenvalue weighted by Crippen LogP contribution is 2.07. The SMILES string of the molecule is CCCSCC(=O)Cc1ccn(C(C)C)n1. The van der Waals surface area contributed by atoms with Gasteiger partial charge in [-0.25, -0.2) is 0 Å². The molecule has 1 rings (SSSR count). The maximum Gasteiger partial charge on any atom is 0.148 e. The van der Waals surface area contributed by atoms with Crippen molar-refractivity contribution in [1.82, 2.24) is 9.78 Å². The predicted octanol–water partition coefficient (Wildman–Crippen LogP) is 2.72. The number of ketones is 1. The standard InChI is InChI=1S/C12H20N2OS/c1-4-7-16-9-12(15)8-11-5-6-14(13-11)10(2)3/h5-6,10H,4,7-9H2,1-3H3. The van der Waals surface area contributed by atoms with Gasteiger partial charge in [-0.3, -0.25) is 9.48 Å². The Labute approximate surface area is 102 Å². The third kappa shape index (κ3) is 4.39. The summed E-state index contributed by atoms with van der Waals surface area (Å²) in [6.45, 7) is 6.28. The number of rotatable bonds is 7. The first-order valence-corrected chi connectivity index (χ1v) is 6.92. The van der Waals surface area contributed by atoms with Crippen molar-refractivity contribution >= 4 is 17.5 Å². The Morgan fingerprint density at radius 1 is 1.56 bits per heavy atom. The fourth-order valence-electron chi connectivity index (χ4n) is 1.34. The second-order valence-corrected chi connectivity index (χ2v) is 5.25. The number of aromatic nitrogens is 2. The van der Waals surface area contributed by atoms with Crippen LogP contribution in [0.3, 0.4) is 0 Å². The smallest absolute Gasteiger partial charge is 0.148 e. The van der Waals surface area contributed by atoms with Crippen LogP contribution in [0.5, 0.6) is 0 Å². The summed E-state index contributed by atoms with van der Waals surface area (Å²) >= 11 is 1.71. The van der Waals surface area contributed by atoms with Crippen molar-refractivity contribution in [3.05, 3.63) is 18.0 Å². The third-order valence-electron chi connectivity index (χ3n) is 2.18. The Bertz CT molecular complexity index is 334. The number of hydrogen-bond acceptors (Lipinski definition) is 3. The van der Waals surface area contributed by atoms with Gasteiger partial charge >= 0.3 is 0 Å². The summed E-state index contributed by atoms with van der Waals surface area (Å²) in [4.78, 5) is 11.6. The largest absolute Gasteiger partial charge is 0.298 e. The molecule has 3 nitrogen and oxygen atoms in total. The Morgan fingerprint density at radius 2 is 2.31 bits per heavy atom. The fraction of sp³-hybridized carbons (Fsp3) is 0.667. The summed E-state index contributed by atoms with van der Waals surface area (Å²) in [5, 5.41) is 4.36. The average molecular weight is 240 g/mol. The quantitative estimate of drug-likeness (QED) is 0.687. The molecule has 0 aliphatic carbocycles. The highest BCUT2D eigenvalue weighted by Gasteiger charge is 2.07. The molecule has 0 spiro atoms. The van der Waals surface area contributed by atoms with Crippen LogP contribution >= 0.6 is 11.8 Å². The van der Waals surface area contributed by atoms with Gasteiger partial charge in [0.15, 0.2) is 0 Å². The molecular weight excluding hydrogens is 220 g/mol. The van der Waals surface area contributed by atoms with Crippen molar-refractivity contribution in [2.45, 2.75) is 39.7 Å². The van der Waals surface area contributed by atoms with Gasteiger partial charge in [0.05, 0.1) is 17.9 Å². The van der Waals surface area contributed by atoms with E-state index in [1.165, 1.54) is 0 Å². The molecule has 0 bridgehead atoms. The summed E-state index contributed by atoms with van der Waals surface area (Å²) in [7, 11) is 0. The molecule has 0 saturated carbocycles. The van der Waals surface area contributed by atoms with Gasteiger partial charge in [-0.15, -0.1) is 0 Å². The number of nitrogens with zero attached hydrogens (tertiary/aromatic N) is 2. The maximum atomic E-state index is 11.6. The van der Waals surface area contributed by atoms with Gasteiger partial charge in [0, 0.05) is 12.2 Å². The van der Waals surface area contributed by atoms with Crippen LogP contribution in [0.15, 0.2) is 12.3 Å². The summed E-state index contributed by atoms with van der Waals surface area (Å²) in [6.07, 6.45) is 3.53. The topological polar surface area (TPSA) is 34.9 Å². The van der Waals surface area contributed by atoms with Crippen LogP contribution in [0.1, 0.15) is 38.9 Å². The minimum atomic E-state index is 0.271. The van der Waals surface area contributed by atoms with Crippen molar-refractivity contribution in [2.75, 3.05) is 11.5 Å². The second kappa shape index (κ2) is 6.74. The zero-order valence-corrected chi connectivity index (χ0v) is 11.1. The van der Waals surface area contributed by atoms with Crippen LogP contribution in [-0.4, -0.2) is 27.1 Å². The Hall–Kier alpha value is -0.770. The molecule has 16 heavy (non-hydrogen) atoms. The van der Waals surface area contributed by atoms with Gasteiger partial charge < -0.3 is 0 Å². The Balaban J connectivity index is 2.37. The van der Waals surface area contributed by atoms with E-state index in [0.29, 0.717) is 18.2 Å². The van der Waals surface area contributed by atoms with Crippen molar-refractivity contribution in [3.8, 4) is 0 Å². The molecule has 0 radical (unpaired) electrons. The fourth-order valence-corrected chi connectivity index (χ4v) is 2.11. The van der Waals surface area contributed by atoms with E-state index in [2.05, 4.69) is 25.9 Å². The molecule has 1 aromatic rings.